The number of rotatable bonds is 1. The highest BCUT2D eigenvalue weighted by Crippen LogP contribution is 2.30. The third kappa shape index (κ3) is 1.04. The van der Waals surface area contributed by atoms with Crippen LogP contribution in [0.5, 0.6) is 0 Å². The fourth-order valence-electron chi connectivity index (χ4n) is 0.471. The van der Waals surface area contributed by atoms with Gasteiger partial charge in [0.1, 0.15) is 5.25 Å². The van der Waals surface area contributed by atoms with Gasteiger partial charge in [-0.1, -0.05) is 6.08 Å². The molecule has 0 bridgehead atoms. The Labute approximate surface area is 51.6 Å². The number of carbonyl (C=O) groups is 1. The van der Waals surface area contributed by atoms with Crippen LogP contribution >= 0.6 is 11.8 Å². The normalized spacial score (nSPS) is 19.5. The van der Waals surface area contributed by atoms with E-state index in [0.29, 0.717) is 11.7 Å². The van der Waals surface area contributed by atoms with Crippen molar-refractivity contribution in [3.8, 4) is 0 Å². The zero-order valence-electron chi connectivity index (χ0n) is 4.13. The van der Waals surface area contributed by atoms with Gasteiger partial charge in [0.2, 0.25) is 0 Å². The molecule has 1 aliphatic rings. The molecule has 0 aromatic carbocycles. The van der Waals surface area contributed by atoms with E-state index in [1.165, 1.54) is 11.8 Å². The highest BCUT2D eigenvalue weighted by atomic mass is 32.2. The van der Waals surface area contributed by atoms with Crippen molar-refractivity contribution in [3.05, 3.63) is 16.7 Å². The summed E-state index contributed by atoms with van der Waals surface area (Å²) in [6.07, 6.45) is 2.44. The van der Waals surface area contributed by atoms with E-state index in [4.69, 9.17) is 5.11 Å². The largest absolute Gasteiger partial charge is 0.480 e. The van der Waals surface area contributed by atoms with Crippen molar-refractivity contribution in [2.75, 3.05) is 0 Å². The van der Waals surface area contributed by atoms with Crippen LogP contribution < -0.4 is 0 Å². The summed E-state index contributed by atoms with van der Waals surface area (Å²) in [7, 11) is 0. The molecular weight excluding hydrogens is 124 g/mol. The molecule has 0 amide bonds. The topological polar surface area (TPSA) is 37.3 Å². The van der Waals surface area contributed by atoms with E-state index in [0.717, 1.165) is 0 Å². The Hall–Kier alpha value is -0.440. The molecule has 0 aromatic rings. The number of hydrogen-bond donors (Lipinski definition) is 1. The Bertz CT molecular complexity index is 122. The van der Waals surface area contributed by atoms with Gasteiger partial charge in [-0.05, 0) is 11.8 Å². The number of allylic oxidation sites excluding steroid dienone is 1. The zero-order chi connectivity index (χ0) is 5.98. The second kappa shape index (κ2) is 2.22. The average molecular weight is 129 g/mol. The summed E-state index contributed by atoms with van der Waals surface area (Å²) in [5, 5.41) is 10.6. The SMILES string of the molecule is O=C(O)[C]1CC=CS1. The zero-order valence-corrected chi connectivity index (χ0v) is 4.94. The lowest BCUT2D eigenvalue weighted by Crippen LogP contribution is -2.02. The Kier molecular flexibility index (Phi) is 1.58. The van der Waals surface area contributed by atoms with Gasteiger partial charge in [0.05, 0.1) is 0 Å². The number of carboxylic acids is 1. The molecule has 0 fully saturated rings. The number of carboxylic acid groups (broad SMARTS) is 1. The Morgan fingerprint density at radius 1 is 1.88 bits per heavy atom. The van der Waals surface area contributed by atoms with E-state index < -0.39 is 5.97 Å². The van der Waals surface area contributed by atoms with Crippen LogP contribution in [-0.4, -0.2) is 11.1 Å². The molecule has 0 saturated heterocycles. The van der Waals surface area contributed by atoms with Crippen molar-refractivity contribution < 1.29 is 9.90 Å². The Balaban J connectivity index is 2.41. The molecule has 3 heteroatoms. The lowest BCUT2D eigenvalue weighted by molar-refractivity contribution is -0.133. The maximum Gasteiger partial charge on any atom is 0.322 e. The van der Waals surface area contributed by atoms with Crippen LogP contribution in [0.15, 0.2) is 11.5 Å². The summed E-state index contributed by atoms with van der Waals surface area (Å²) >= 11 is 1.29. The summed E-state index contributed by atoms with van der Waals surface area (Å²) in [5.41, 5.74) is 0. The van der Waals surface area contributed by atoms with Crippen molar-refractivity contribution in [3.63, 3.8) is 0 Å². The number of hydrogen-bond acceptors (Lipinski definition) is 2. The first-order valence-electron chi connectivity index (χ1n) is 2.21. The third-order valence-electron chi connectivity index (χ3n) is 0.848. The van der Waals surface area contributed by atoms with Crippen LogP contribution in [0.2, 0.25) is 0 Å². The molecule has 1 N–H and O–H groups in total. The minimum atomic E-state index is -0.792. The number of thioether (sulfide) groups is 1. The maximum absolute atomic E-state index is 10.1. The lowest BCUT2D eigenvalue weighted by Gasteiger charge is -1.95. The summed E-state index contributed by atoms with van der Waals surface area (Å²) in [4.78, 5) is 10.1. The summed E-state index contributed by atoms with van der Waals surface area (Å²) in [5.74, 6) is -0.792. The van der Waals surface area contributed by atoms with Gasteiger partial charge >= 0.3 is 5.97 Å². The molecule has 43 valence electrons. The molecule has 0 spiro atoms. The fourth-order valence-corrected chi connectivity index (χ4v) is 1.12. The molecule has 8 heavy (non-hydrogen) atoms. The molecule has 1 heterocycles. The quantitative estimate of drug-likeness (QED) is 0.579. The van der Waals surface area contributed by atoms with E-state index in [-0.39, 0.29) is 0 Å². The first kappa shape index (κ1) is 5.69. The van der Waals surface area contributed by atoms with Crippen molar-refractivity contribution in [2.24, 2.45) is 0 Å². The predicted molar refractivity (Wildman–Crippen MR) is 32.2 cm³/mol. The smallest absolute Gasteiger partial charge is 0.322 e. The molecule has 1 radical (unpaired) electrons. The number of aliphatic carboxylic acids is 1. The summed E-state index contributed by atoms with van der Waals surface area (Å²) in [6, 6.07) is 0. The second-order valence-electron chi connectivity index (χ2n) is 1.42. The van der Waals surface area contributed by atoms with E-state index in [1.54, 1.807) is 5.41 Å². The van der Waals surface area contributed by atoms with Gasteiger partial charge in [-0.25, -0.2) is 0 Å². The third-order valence-corrected chi connectivity index (χ3v) is 1.80. The summed E-state index contributed by atoms with van der Waals surface area (Å²) in [6.45, 7) is 0. The lowest BCUT2D eigenvalue weighted by atomic mass is 10.3. The van der Waals surface area contributed by atoms with Crippen LogP contribution in [0.4, 0.5) is 0 Å². The molecule has 1 rings (SSSR count). The van der Waals surface area contributed by atoms with Gasteiger partial charge in [0, 0.05) is 0 Å². The summed E-state index contributed by atoms with van der Waals surface area (Å²) < 4.78 is 0. The fraction of sp³-hybridized carbons (Fsp3) is 0.200. The standard InChI is InChI=1S/C5H5O2S/c6-5(7)4-2-1-3-8-4/h1,3H,2H2,(H,6,7). The van der Waals surface area contributed by atoms with Crippen molar-refractivity contribution in [2.45, 2.75) is 6.42 Å². The second-order valence-corrected chi connectivity index (χ2v) is 2.42. The molecule has 1 aliphatic heterocycles. The van der Waals surface area contributed by atoms with Crippen molar-refractivity contribution >= 4 is 17.7 Å². The molecule has 2 nitrogen and oxygen atoms in total. The van der Waals surface area contributed by atoms with Gasteiger partial charge in [0.25, 0.3) is 0 Å². The molecule has 0 unspecified atom stereocenters. The van der Waals surface area contributed by atoms with Crippen molar-refractivity contribution in [1.29, 1.82) is 0 Å². The monoisotopic (exact) mass is 129 g/mol. The first-order valence-corrected chi connectivity index (χ1v) is 3.09. The van der Waals surface area contributed by atoms with E-state index in [9.17, 15) is 4.79 Å². The molecule has 0 aromatic heterocycles. The minimum Gasteiger partial charge on any atom is -0.480 e. The molecular formula is C5H5O2S. The van der Waals surface area contributed by atoms with Crippen LogP contribution in [0, 0.1) is 5.25 Å². The van der Waals surface area contributed by atoms with E-state index >= 15 is 0 Å². The van der Waals surface area contributed by atoms with E-state index in [2.05, 4.69) is 0 Å². The van der Waals surface area contributed by atoms with Gasteiger partial charge in [-0.2, -0.15) is 0 Å². The highest BCUT2D eigenvalue weighted by molar-refractivity contribution is 8.05. The van der Waals surface area contributed by atoms with Crippen LogP contribution in [0.1, 0.15) is 6.42 Å². The first-order chi connectivity index (χ1) is 3.80. The highest BCUT2D eigenvalue weighted by Gasteiger charge is 2.19. The maximum atomic E-state index is 10.1. The van der Waals surface area contributed by atoms with Gasteiger partial charge < -0.3 is 5.11 Å². The van der Waals surface area contributed by atoms with Gasteiger partial charge in [0.15, 0.2) is 0 Å². The van der Waals surface area contributed by atoms with Crippen molar-refractivity contribution in [1.82, 2.24) is 0 Å². The van der Waals surface area contributed by atoms with Gasteiger partial charge in [-0.15, -0.1) is 11.8 Å². The Morgan fingerprint density at radius 2 is 2.62 bits per heavy atom. The minimum absolute atomic E-state index is 0.519. The van der Waals surface area contributed by atoms with Crippen LogP contribution in [0.3, 0.4) is 0 Å². The van der Waals surface area contributed by atoms with Gasteiger partial charge in [-0.3, -0.25) is 4.79 Å². The molecule has 0 saturated carbocycles. The molecule has 0 atom stereocenters. The average Bonchev–Trinajstić information content (AvgIpc) is 2.12. The Morgan fingerprint density at radius 3 is 2.88 bits per heavy atom. The molecule has 0 aliphatic carbocycles. The van der Waals surface area contributed by atoms with E-state index in [1.807, 2.05) is 6.08 Å². The van der Waals surface area contributed by atoms with Crippen LogP contribution in [0.25, 0.3) is 0 Å². The predicted octanol–water partition coefficient (Wildman–Crippen LogP) is 1.25. The van der Waals surface area contributed by atoms with Crippen LogP contribution in [-0.2, 0) is 4.79 Å².